The average molecular weight is 372 g/mol. The molecule has 0 aromatic rings. The summed E-state index contributed by atoms with van der Waals surface area (Å²) in [5, 5.41) is 0. The van der Waals surface area contributed by atoms with Gasteiger partial charge in [-0.1, -0.05) is 0 Å². The van der Waals surface area contributed by atoms with Crippen LogP contribution in [0.25, 0.3) is 16.0 Å². The molecule has 0 amide bonds. The predicted molar refractivity (Wildman–Crippen MR) is 10.1 cm³/mol. The van der Waals surface area contributed by atoms with Crippen LogP contribution in [0.4, 0.5) is 0 Å². The van der Waals surface area contributed by atoms with Crippen LogP contribution < -0.4 is 68.9 Å². The third kappa shape index (κ3) is 23.2. The van der Waals surface area contributed by atoms with E-state index in [1.165, 1.54) is 4.91 Å². The summed E-state index contributed by atoms with van der Waals surface area (Å²) in [5.41, 5.74) is 13.5. The van der Waals surface area contributed by atoms with Gasteiger partial charge in [-0.05, 0) is 0 Å². The van der Waals surface area contributed by atoms with Crippen molar-refractivity contribution in [2.75, 3.05) is 0 Å². The second-order valence-corrected chi connectivity index (χ2v) is 0.0894. The largest absolute Gasteiger partial charge is 1.00 e. The van der Waals surface area contributed by atoms with Crippen LogP contribution >= 0.6 is 0 Å². The van der Waals surface area contributed by atoms with Crippen LogP contribution in [0, 0.1) is 0 Å². The third-order valence-electron chi connectivity index (χ3n) is 0. The maximum Gasteiger partial charge on any atom is 1.00 e. The Bertz CT molecular complexity index is 27.9. The quantitative estimate of drug-likeness (QED) is 0.202. The molecular weight excluding hydrogens is 372 g/mol. The molecule has 0 N–H and O–H groups in total. The second-order valence-electron chi connectivity index (χ2n) is 0.0894. The molecule has 0 aliphatic carbocycles. The molecule has 0 aromatic carbocycles. The van der Waals surface area contributed by atoms with Gasteiger partial charge in [0.2, 0.25) is 0 Å². The molecule has 3 nitrogen and oxygen atoms in total. The minimum absolute atomic E-state index is 0. The third-order valence-corrected chi connectivity index (χ3v) is 0. The van der Waals surface area contributed by atoms with Crippen LogP contribution in [0.3, 0.4) is 0 Å². The molecule has 5 heteroatoms. The van der Waals surface area contributed by atoms with E-state index >= 15 is 0 Å². The zero-order chi connectivity index (χ0) is 2.71. The summed E-state index contributed by atoms with van der Waals surface area (Å²) in [7, 11) is 0. The molecule has 0 unspecified atom stereocenters. The molecular formula is AuCsN3+. The second kappa shape index (κ2) is 16.5. The normalized spacial score (nSPS) is 1.60. The van der Waals surface area contributed by atoms with Crippen LogP contribution in [0.15, 0.2) is 0 Å². The van der Waals surface area contributed by atoms with E-state index < -0.39 is 0 Å². The molecule has 0 bridgehead atoms. The number of hydrogen-bond acceptors (Lipinski definition) is 0. The van der Waals surface area contributed by atoms with Gasteiger partial charge in [0.05, 0.1) is 0 Å². The van der Waals surface area contributed by atoms with Crippen molar-refractivity contribution >= 4 is 0 Å². The molecule has 26 valence electrons. The average Bonchev–Trinajstić information content (AvgIpc) is 0.918. The smallest absolute Gasteiger partial charge is 0.373 e. The van der Waals surface area contributed by atoms with Crippen molar-refractivity contribution in [2.45, 2.75) is 0 Å². The van der Waals surface area contributed by atoms with Crippen molar-refractivity contribution in [3.05, 3.63) is 16.0 Å². The molecule has 5 heavy (non-hydrogen) atoms. The van der Waals surface area contributed by atoms with Crippen molar-refractivity contribution < 1.29 is 91.3 Å². The molecule has 0 aliphatic rings. The Kier molecular flexibility index (Phi) is 51.9. The maximum atomic E-state index is 6.75. The Labute approximate surface area is 104 Å². The Morgan fingerprint density at radius 1 is 1.20 bits per heavy atom. The summed E-state index contributed by atoms with van der Waals surface area (Å²) in [5.74, 6) is 0. The predicted octanol–water partition coefficient (Wildman–Crippen LogP) is -2.13. The first-order chi connectivity index (χ1) is 1.41. The van der Waals surface area contributed by atoms with Gasteiger partial charge in [-0.15, -0.1) is 0 Å². The van der Waals surface area contributed by atoms with Crippen molar-refractivity contribution in [2.24, 2.45) is 0 Å². The van der Waals surface area contributed by atoms with Gasteiger partial charge < -0.3 is 11.1 Å². The number of rotatable bonds is 0. The van der Waals surface area contributed by atoms with Crippen molar-refractivity contribution in [1.82, 2.24) is 0 Å². The van der Waals surface area contributed by atoms with E-state index in [4.69, 9.17) is 11.1 Å². The van der Waals surface area contributed by atoms with Crippen molar-refractivity contribution in [3.63, 3.8) is 0 Å². The molecule has 0 aromatic heterocycles. The van der Waals surface area contributed by atoms with E-state index in [0.29, 0.717) is 0 Å². The molecule has 0 atom stereocenters. The van der Waals surface area contributed by atoms with Gasteiger partial charge in [0.15, 0.2) is 0 Å². The Morgan fingerprint density at radius 3 is 1.20 bits per heavy atom. The van der Waals surface area contributed by atoms with Gasteiger partial charge in [0.1, 0.15) is 0 Å². The molecule has 0 radical (unpaired) electrons. The van der Waals surface area contributed by atoms with Gasteiger partial charge in [0, 0.05) is 0 Å². The molecule has 0 heterocycles. The SMILES string of the molecule is [Au+].[Cs+].[N-]=[N+]=[N-]. The van der Waals surface area contributed by atoms with E-state index in [1.807, 2.05) is 0 Å². The van der Waals surface area contributed by atoms with Crippen LogP contribution in [0.2, 0.25) is 0 Å². The van der Waals surface area contributed by atoms with Gasteiger partial charge in [0.25, 0.3) is 0 Å². The summed E-state index contributed by atoms with van der Waals surface area (Å²) in [6.07, 6.45) is 0. The van der Waals surface area contributed by atoms with Crippen LogP contribution in [0.1, 0.15) is 0 Å². The first kappa shape index (κ1) is 15.7. The van der Waals surface area contributed by atoms with E-state index in [-0.39, 0.29) is 91.3 Å². The van der Waals surface area contributed by atoms with E-state index in [9.17, 15) is 0 Å². The standard InChI is InChI=1S/Au.Cs.N3/c;;1-3-2/q2*+1;-1. The first-order valence-electron chi connectivity index (χ1n) is 0.400. The summed E-state index contributed by atoms with van der Waals surface area (Å²) in [4.78, 5) is 1.50. The number of hydrogen-bond donors (Lipinski definition) is 0. The fraction of sp³-hybridized carbons (Fsp3) is 0. The van der Waals surface area contributed by atoms with Crippen LogP contribution in [0.5, 0.6) is 0 Å². The molecule has 0 saturated carbocycles. The van der Waals surface area contributed by atoms with E-state index in [1.54, 1.807) is 0 Å². The summed E-state index contributed by atoms with van der Waals surface area (Å²) >= 11 is 0. The topological polar surface area (TPSA) is 58.7 Å². The Morgan fingerprint density at radius 2 is 1.20 bits per heavy atom. The van der Waals surface area contributed by atoms with Gasteiger partial charge >= 0.3 is 91.3 Å². The molecule has 0 spiro atoms. The van der Waals surface area contributed by atoms with Crippen LogP contribution in [-0.2, 0) is 22.4 Å². The molecule has 0 saturated heterocycles. The fourth-order valence-electron chi connectivity index (χ4n) is 0. The first-order valence-corrected chi connectivity index (χ1v) is 0.400. The van der Waals surface area contributed by atoms with Gasteiger partial charge in [-0.3, -0.25) is 4.91 Å². The van der Waals surface area contributed by atoms with E-state index in [2.05, 4.69) is 0 Å². The minimum atomic E-state index is 0. The Balaban J connectivity index is -0.0000000200. The monoisotopic (exact) mass is 372 g/mol. The van der Waals surface area contributed by atoms with Crippen molar-refractivity contribution in [3.8, 4) is 0 Å². The zero-order valence-corrected chi connectivity index (χ0v) is 11.1. The zero-order valence-electron chi connectivity index (χ0n) is 2.64. The van der Waals surface area contributed by atoms with Crippen LogP contribution in [-0.4, -0.2) is 0 Å². The maximum absolute atomic E-state index is 6.75. The molecule has 0 aliphatic heterocycles. The Hall–Kier alpha value is 2.10. The minimum Gasteiger partial charge on any atom is -0.373 e. The number of nitrogens with zero attached hydrogens (tertiary/aromatic N) is 3. The summed E-state index contributed by atoms with van der Waals surface area (Å²) in [6.45, 7) is 0. The van der Waals surface area contributed by atoms with E-state index in [0.717, 1.165) is 0 Å². The summed E-state index contributed by atoms with van der Waals surface area (Å²) in [6, 6.07) is 0. The molecule has 0 rings (SSSR count). The summed E-state index contributed by atoms with van der Waals surface area (Å²) < 4.78 is 0. The van der Waals surface area contributed by atoms with Gasteiger partial charge in [-0.2, -0.15) is 0 Å². The van der Waals surface area contributed by atoms with Gasteiger partial charge in [-0.25, -0.2) is 0 Å². The fourth-order valence-corrected chi connectivity index (χ4v) is 0. The van der Waals surface area contributed by atoms with Crippen molar-refractivity contribution in [1.29, 1.82) is 0 Å². The molecule has 0 fully saturated rings.